The number of para-hydroxylation sites is 1. The number of carbonyl (C=O) groups is 1. The Morgan fingerprint density at radius 3 is 2.71 bits per heavy atom. The predicted octanol–water partition coefficient (Wildman–Crippen LogP) is 2.80. The predicted molar refractivity (Wildman–Crippen MR) is 108 cm³/mol. The number of aliphatic imine (C=N–C) groups is 1. The second kappa shape index (κ2) is 9.32. The summed E-state index contributed by atoms with van der Waals surface area (Å²) >= 11 is 0. The SMILES string of the molecule is CN=C(NCC1CC(=O)Nc2ccccc21)NCC(OC)c1ccc(F)cc1. The lowest BCUT2D eigenvalue weighted by atomic mass is 9.90. The molecular weight excluding hydrogens is 359 g/mol. The number of methoxy groups -OCH3 is 1. The van der Waals surface area contributed by atoms with E-state index in [0.717, 1.165) is 16.8 Å². The zero-order chi connectivity index (χ0) is 19.9. The van der Waals surface area contributed by atoms with Crippen LogP contribution in [-0.4, -0.2) is 39.1 Å². The first kappa shape index (κ1) is 19.8. The Bertz CT molecular complexity index is 839. The van der Waals surface area contributed by atoms with Gasteiger partial charge in [-0.3, -0.25) is 9.79 Å². The van der Waals surface area contributed by atoms with E-state index in [9.17, 15) is 9.18 Å². The molecule has 148 valence electrons. The van der Waals surface area contributed by atoms with E-state index in [-0.39, 0.29) is 23.7 Å². The van der Waals surface area contributed by atoms with Gasteiger partial charge in [0.2, 0.25) is 5.91 Å². The van der Waals surface area contributed by atoms with E-state index in [1.807, 2.05) is 24.3 Å². The van der Waals surface area contributed by atoms with Crippen molar-refractivity contribution in [3.8, 4) is 0 Å². The molecule has 1 heterocycles. The lowest BCUT2D eigenvalue weighted by molar-refractivity contribution is -0.116. The number of ether oxygens (including phenoxy) is 1. The molecule has 0 aliphatic carbocycles. The molecule has 0 spiro atoms. The van der Waals surface area contributed by atoms with Crippen LogP contribution in [0.15, 0.2) is 53.5 Å². The molecule has 3 rings (SSSR count). The van der Waals surface area contributed by atoms with Crippen molar-refractivity contribution in [1.82, 2.24) is 10.6 Å². The molecule has 0 saturated heterocycles. The Balaban J connectivity index is 1.58. The highest BCUT2D eigenvalue weighted by Gasteiger charge is 2.24. The van der Waals surface area contributed by atoms with Gasteiger partial charge in [-0.25, -0.2) is 4.39 Å². The number of nitrogens with one attached hydrogen (secondary N) is 3. The van der Waals surface area contributed by atoms with Crippen LogP contribution in [0.2, 0.25) is 0 Å². The van der Waals surface area contributed by atoms with Gasteiger partial charge >= 0.3 is 0 Å². The van der Waals surface area contributed by atoms with Gasteiger partial charge in [0.25, 0.3) is 0 Å². The maximum atomic E-state index is 13.1. The molecule has 0 fully saturated rings. The zero-order valence-electron chi connectivity index (χ0n) is 16.0. The maximum Gasteiger partial charge on any atom is 0.225 e. The van der Waals surface area contributed by atoms with Crippen molar-refractivity contribution in [3.63, 3.8) is 0 Å². The van der Waals surface area contributed by atoms with Crippen molar-refractivity contribution in [2.75, 3.05) is 32.6 Å². The fourth-order valence-corrected chi connectivity index (χ4v) is 3.33. The topological polar surface area (TPSA) is 74.8 Å². The number of benzene rings is 2. The van der Waals surface area contributed by atoms with Crippen molar-refractivity contribution in [1.29, 1.82) is 0 Å². The number of rotatable bonds is 6. The lowest BCUT2D eigenvalue weighted by Crippen LogP contribution is -2.42. The molecule has 7 heteroatoms. The molecule has 3 N–H and O–H groups in total. The van der Waals surface area contributed by atoms with Crippen LogP contribution in [0.5, 0.6) is 0 Å². The Morgan fingerprint density at radius 2 is 2.00 bits per heavy atom. The number of amides is 1. The largest absolute Gasteiger partial charge is 0.375 e. The highest BCUT2D eigenvalue weighted by molar-refractivity contribution is 5.94. The minimum atomic E-state index is -0.277. The van der Waals surface area contributed by atoms with E-state index in [2.05, 4.69) is 20.9 Å². The number of anilines is 1. The summed E-state index contributed by atoms with van der Waals surface area (Å²) in [5, 5.41) is 9.42. The highest BCUT2D eigenvalue weighted by atomic mass is 19.1. The maximum absolute atomic E-state index is 13.1. The van der Waals surface area contributed by atoms with Crippen molar-refractivity contribution in [2.24, 2.45) is 4.99 Å². The molecule has 1 aliphatic rings. The molecule has 1 amide bonds. The molecule has 0 radical (unpaired) electrons. The minimum Gasteiger partial charge on any atom is -0.375 e. The number of guanidine groups is 1. The van der Waals surface area contributed by atoms with Gasteiger partial charge in [0.1, 0.15) is 5.82 Å². The summed E-state index contributed by atoms with van der Waals surface area (Å²) < 4.78 is 18.6. The van der Waals surface area contributed by atoms with Gasteiger partial charge in [-0.05, 0) is 29.3 Å². The molecule has 0 saturated carbocycles. The first-order valence-corrected chi connectivity index (χ1v) is 9.22. The van der Waals surface area contributed by atoms with Crippen molar-refractivity contribution < 1.29 is 13.9 Å². The first-order valence-electron chi connectivity index (χ1n) is 9.22. The van der Waals surface area contributed by atoms with Crippen LogP contribution in [0.3, 0.4) is 0 Å². The number of carbonyl (C=O) groups excluding carboxylic acids is 1. The van der Waals surface area contributed by atoms with E-state index in [4.69, 9.17) is 4.74 Å². The Kier molecular flexibility index (Phi) is 6.60. The summed E-state index contributed by atoms with van der Waals surface area (Å²) in [7, 11) is 3.31. The van der Waals surface area contributed by atoms with Crippen LogP contribution in [0.1, 0.15) is 29.6 Å². The van der Waals surface area contributed by atoms with Crippen LogP contribution in [0, 0.1) is 5.82 Å². The number of nitrogens with zero attached hydrogens (tertiary/aromatic N) is 1. The second-order valence-electron chi connectivity index (χ2n) is 6.65. The van der Waals surface area contributed by atoms with Gasteiger partial charge in [-0.2, -0.15) is 0 Å². The second-order valence-corrected chi connectivity index (χ2v) is 6.65. The smallest absolute Gasteiger partial charge is 0.225 e. The normalized spacial score (nSPS) is 17.5. The standard InChI is InChI=1S/C21H25FN4O2/c1-23-21(25-13-19(28-2)14-7-9-16(22)10-8-14)24-12-15-11-20(27)26-18-6-4-3-5-17(15)18/h3-10,15,19H,11-13H2,1-2H3,(H,26,27)(H2,23,24,25). The number of hydrogen-bond donors (Lipinski definition) is 3. The Morgan fingerprint density at radius 1 is 1.25 bits per heavy atom. The van der Waals surface area contributed by atoms with Gasteiger partial charge < -0.3 is 20.7 Å². The average Bonchev–Trinajstić information content (AvgIpc) is 2.71. The van der Waals surface area contributed by atoms with Gasteiger partial charge in [0.15, 0.2) is 5.96 Å². The van der Waals surface area contributed by atoms with E-state index in [1.165, 1.54) is 12.1 Å². The number of hydrogen-bond acceptors (Lipinski definition) is 3. The van der Waals surface area contributed by atoms with Crippen LogP contribution in [0.25, 0.3) is 0 Å². The molecule has 6 nitrogen and oxygen atoms in total. The number of halogens is 1. The third-order valence-electron chi connectivity index (χ3n) is 4.83. The van der Waals surface area contributed by atoms with Crippen molar-refractivity contribution in [2.45, 2.75) is 18.4 Å². The van der Waals surface area contributed by atoms with Crippen LogP contribution in [0.4, 0.5) is 10.1 Å². The van der Waals surface area contributed by atoms with Crippen LogP contribution in [-0.2, 0) is 9.53 Å². The molecule has 2 aromatic carbocycles. The van der Waals surface area contributed by atoms with E-state index in [1.54, 1.807) is 26.3 Å². The summed E-state index contributed by atoms with van der Waals surface area (Å²) in [6.07, 6.45) is 0.192. The number of fused-ring (bicyclic) bond motifs is 1. The molecule has 2 unspecified atom stereocenters. The average molecular weight is 384 g/mol. The molecular formula is C21H25FN4O2. The van der Waals surface area contributed by atoms with Gasteiger partial charge in [0, 0.05) is 45.3 Å². The summed E-state index contributed by atoms with van der Waals surface area (Å²) in [5.41, 5.74) is 2.86. The molecule has 0 bridgehead atoms. The van der Waals surface area contributed by atoms with Crippen LogP contribution < -0.4 is 16.0 Å². The van der Waals surface area contributed by atoms with E-state index < -0.39 is 0 Å². The fourth-order valence-electron chi connectivity index (χ4n) is 3.33. The molecule has 28 heavy (non-hydrogen) atoms. The molecule has 2 atom stereocenters. The Hall–Kier alpha value is -2.93. The summed E-state index contributed by atoms with van der Waals surface area (Å²) in [4.78, 5) is 16.2. The van der Waals surface area contributed by atoms with Crippen molar-refractivity contribution in [3.05, 3.63) is 65.5 Å². The quantitative estimate of drug-likeness (QED) is 0.529. The lowest BCUT2D eigenvalue weighted by Gasteiger charge is -2.26. The van der Waals surface area contributed by atoms with Crippen LogP contribution >= 0.6 is 0 Å². The highest BCUT2D eigenvalue weighted by Crippen LogP contribution is 2.31. The van der Waals surface area contributed by atoms with Gasteiger partial charge in [-0.15, -0.1) is 0 Å². The van der Waals surface area contributed by atoms with E-state index in [0.29, 0.717) is 25.5 Å². The minimum absolute atomic E-state index is 0.0178. The summed E-state index contributed by atoms with van der Waals surface area (Å²) in [6, 6.07) is 14.1. The molecule has 2 aromatic rings. The Labute approximate surface area is 164 Å². The third kappa shape index (κ3) is 4.86. The van der Waals surface area contributed by atoms with Crippen molar-refractivity contribution >= 4 is 17.6 Å². The summed E-state index contributed by atoms with van der Waals surface area (Å²) in [5.74, 6) is 0.427. The third-order valence-corrected chi connectivity index (χ3v) is 4.83. The van der Waals surface area contributed by atoms with E-state index >= 15 is 0 Å². The van der Waals surface area contributed by atoms with Gasteiger partial charge in [0.05, 0.1) is 6.10 Å². The monoisotopic (exact) mass is 384 g/mol. The molecule has 1 aliphatic heterocycles. The zero-order valence-corrected chi connectivity index (χ0v) is 16.0. The van der Waals surface area contributed by atoms with Gasteiger partial charge in [-0.1, -0.05) is 30.3 Å². The summed E-state index contributed by atoms with van der Waals surface area (Å²) in [6.45, 7) is 1.06. The fraction of sp³-hybridized carbons (Fsp3) is 0.333. The first-order chi connectivity index (χ1) is 13.6. The molecule has 0 aromatic heterocycles.